The first-order valence-corrected chi connectivity index (χ1v) is 13.9. The van der Waals surface area contributed by atoms with Crippen molar-refractivity contribution in [2.45, 2.75) is 96.2 Å². The van der Waals surface area contributed by atoms with E-state index in [-0.39, 0.29) is 15.6 Å². The fraction of sp³-hybridized carbons (Fsp3) is 1.00. The van der Waals surface area contributed by atoms with Gasteiger partial charge in [-0.3, -0.25) is 0 Å². The Kier molecular flexibility index (Phi) is 6.53. The van der Waals surface area contributed by atoms with Gasteiger partial charge in [0.25, 0.3) is 0 Å². The zero-order valence-electron chi connectivity index (χ0n) is 16.1. The Hall–Kier alpha value is 0.314. The van der Waals surface area contributed by atoms with E-state index in [2.05, 4.69) is 54.6 Å². The molecule has 0 rings (SSSR count). The highest BCUT2D eigenvalue weighted by atomic mass is 28.4. The molecule has 0 heterocycles. The van der Waals surface area contributed by atoms with E-state index in [9.17, 15) is 4.80 Å². The summed E-state index contributed by atoms with van der Waals surface area (Å²) in [6.45, 7) is 22.3. The van der Waals surface area contributed by atoms with Gasteiger partial charge < -0.3 is 15.0 Å². The van der Waals surface area contributed by atoms with Gasteiger partial charge in [-0.2, -0.15) is 0 Å². The SMILES string of the molecule is CC(N)(CCC(C)(C)[Si](C)(C)O)CO[Si](C)(C)C(C)(C)C. The van der Waals surface area contributed by atoms with Crippen LogP contribution in [-0.2, 0) is 4.43 Å². The molecule has 0 aromatic carbocycles. The molecule has 0 saturated heterocycles. The second-order valence-electron chi connectivity index (χ2n) is 9.65. The van der Waals surface area contributed by atoms with E-state index in [4.69, 9.17) is 10.2 Å². The molecule has 0 aliphatic heterocycles. The van der Waals surface area contributed by atoms with Crippen molar-refractivity contribution >= 4 is 16.6 Å². The monoisotopic (exact) mass is 333 g/mol. The summed E-state index contributed by atoms with van der Waals surface area (Å²) in [6, 6.07) is 0. The molecular formula is C16H39NO2Si2. The molecule has 0 saturated carbocycles. The molecule has 21 heavy (non-hydrogen) atoms. The van der Waals surface area contributed by atoms with E-state index in [1.165, 1.54) is 0 Å². The van der Waals surface area contributed by atoms with Crippen LogP contribution in [0.25, 0.3) is 0 Å². The van der Waals surface area contributed by atoms with E-state index in [1.54, 1.807) is 0 Å². The minimum Gasteiger partial charge on any atom is -0.432 e. The van der Waals surface area contributed by atoms with Crippen molar-refractivity contribution in [1.82, 2.24) is 0 Å². The van der Waals surface area contributed by atoms with Crippen molar-refractivity contribution in [1.29, 1.82) is 0 Å². The number of hydrogen-bond donors (Lipinski definition) is 2. The second-order valence-corrected chi connectivity index (χ2v) is 18.9. The lowest BCUT2D eigenvalue weighted by atomic mass is 9.93. The Balaban J connectivity index is 4.60. The summed E-state index contributed by atoms with van der Waals surface area (Å²) in [6.07, 6.45) is 1.82. The maximum atomic E-state index is 10.4. The van der Waals surface area contributed by atoms with Crippen molar-refractivity contribution in [3.8, 4) is 0 Å². The first kappa shape index (κ1) is 21.3. The summed E-state index contributed by atoms with van der Waals surface area (Å²) in [5.74, 6) is 0. The average molecular weight is 334 g/mol. The van der Waals surface area contributed by atoms with Gasteiger partial charge >= 0.3 is 0 Å². The Morgan fingerprint density at radius 1 is 0.905 bits per heavy atom. The first-order chi connectivity index (χ1) is 8.91. The third-order valence-electron chi connectivity index (χ3n) is 5.55. The van der Waals surface area contributed by atoms with Crippen LogP contribution in [0.3, 0.4) is 0 Å². The Morgan fingerprint density at radius 2 is 1.33 bits per heavy atom. The topological polar surface area (TPSA) is 55.5 Å². The summed E-state index contributed by atoms with van der Waals surface area (Å²) in [7, 11) is -3.91. The van der Waals surface area contributed by atoms with Crippen LogP contribution in [0.4, 0.5) is 0 Å². The van der Waals surface area contributed by atoms with Gasteiger partial charge in [-0.05, 0) is 56.0 Å². The van der Waals surface area contributed by atoms with Crippen LogP contribution < -0.4 is 5.73 Å². The summed E-state index contributed by atoms with van der Waals surface area (Å²) in [4.78, 5) is 10.4. The van der Waals surface area contributed by atoms with Crippen LogP contribution >= 0.6 is 0 Å². The van der Waals surface area contributed by atoms with Crippen LogP contribution in [-0.4, -0.2) is 33.6 Å². The quantitative estimate of drug-likeness (QED) is 0.675. The van der Waals surface area contributed by atoms with Crippen LogP contribution in [0.1, 0.15) is 54.4 Å². The molecule has 0 aliphatic carbocycles. The smallest absolute Gasteiger partial charge is 0.192 e. The maximum absolute atomic E-state index is 10.4. The maximum Gasteiger partial charge on any atom is 0.192 e. The van der Waals surface area contributed by atoms with Crippen molar-refractivity contribution < 1.29 is 9.22 Å². The lowest BCUT2D eigenvalue weighted by Gasteiger charge is -2.41. The lowest BCUT2D eigenvalue weighted by molar-refractivity contribution is 0.196. The molecule has 0 spiro atoms. The molecule has 0 amide bonds. The third-order valence-corrected chi connectivity index (χ3v) is 13.6. The minimum atomic E-state index is -2.16. The molecule has 0 radical (unpaired) electrons. The average Bonchev–Trinajstić information content (AvgIpc) is 2.21. The molecule has 3 nitrogen and oxygen atoms in total. The largest absolute Gasteiger partial charge is 0.432 e. The van der Waals surface area contributed by atoms with E-state index >= 15 is 0 Å². The lowest BCUT2D eigenvalue weighted by Crippen LogP contribution is -2.50. The molecule has 1 atom stereocenters. The van der Waals surface area contributed by atoms with Crippen molar-refractivity contribution in [3.05, 3.63) is 0 Å². The highest BCUT2D eigenvalue weighted by molar-refractivity contribution is 6.74. The van der Waals surface area contributed by atoms with Crippen LogP contribution in [0.15, 0.2) is 0 Å². The summed E-state index contributed by atoms with van der Waals surface area (Å²) in [5.41, 5.74) is 6.12. The highest BCUT2D eigenvalue weighted by Gasteiger charge is 2.41. The predicted octanol–water partition coefficient (Wildman–Crippen LogP) is 4.48. The molecule has 128 valence electrons. The zero-order valence-corrected chi connectivity index (χ0v) is 18.1. The van der Waals surface area contributed by atoms with Gasteiger partial charge in [0.05, 0.1) is 6.61 Å². The molecule has 0 bridgehead atoms. The Bertz CT molecular complexity index is 307. The summed E-state index contributed by atoms with van der Waals surface area (Å²) in [5, 5.41) is 0.187. The standard InChI is InChI=1S/C16H39NO2Si2/c1-14(2,3)21(9,10)19-13-16(6,17)12-11-15(4,5)20(7,8)18/h18H,11-13,17H2,1-10H3. The highest BCUT2D eigenvalue weighted by Crippen LogP contribution is 2.41. The van der Waals surface area contributed by atoms with Crippen LogP contribution in [0.2, 0.25) is 36.3 Å². The van der Waals surface area contributed by atoms with Gasteiger partial charge in [-0.15, -0.1) is 0 Å². The Labute approximate surface area is 134 Å². The van der Waals surface area contributed by atoms with Gasteiger partial charge in [0, 0.05) is 5.54 Å². The molecule has 3 N–H and O–H groups in total. The summed E-state index contributed by atoms with van der Waals surface area (Å²) < 4.78 is 6.27. The van der Waals surface area contributed by atoms with Crippen LogP contribution in [0, 0.1) is 0 Å². The van der Waals surface area contributed by atoms with Gasteiger partial charge in [0.15, 0.2) is 16.6 Å². The molecule has 0 aromatic rings. The molecule has 0 aromatic heterocycles. The fourth-order valence-corrected chi connectivity index (χ4v) is 3.40. The Morgan fingerprint density at radius 3 is 1.67 bits per heavy atom. The number of nitrogens with two attached hydrogens (primary N) is 1. The van der Waals surface area contributed by atoms with Crippen LogP contribution in [0.5, 0.6) is 0 Å². The first-order valence-electron chi connectivity index (χ1n) is 8.07. The van der Waals surface area contributed by atoms with Gasteiger partial charge in [-0.25, -0.2) is 0 Å². The fourth-order valence-electron chi connectivity index (χ4n) is 1.54. The summed E-state index contributed by atoms with van der Waals surface area (Å²) >= 11 is 0. The van der Waals surface area contributed by atoms with Gasteiger partial charge in [0.2, 0.25) is 0 Å². The van der Waals surface area contributed by atoms with Crippen molar-refractivity contribution in [2.24, 2.45) is 5.73 Å². The second kappa shape index (κ2) is 6.44. The minimum absolute atomic E-state index is 0.0232. The van der Waals surface area contributed by atoms with E-state index in [0.29, 0.717) is 6.61 Å². The molecule has 5 heteroatoms. The number of hydrogen-bond acceptors (Lipinski definition) is 3. The molecule has 0 fully saturated rings. The van der Waals surface area contributed by atoms with E-state index in [0.717, 1.165) is 12.8 Å². The zero-order chi connectivity index (χ0) is 17.3. The normalized spacial score (nSPS) is 17.7. The molecular weight excluding hydrogens is 294 g/mol. The third kappa shape index (κ3) is 6.52. The van der Waals surface area contributed by atoms with E-state index < -0.39 is 16.6 Å². The molecule has 0 aliphatic rings. The van der Waals surface area contributed by atoms with Crippen molar-refractivity contribution in [3.63, 3.8) is 0 Å². The molecule has 1 unspecified atom stereocenters. The van der Waals surface area contributed by atoms with Crippen molar-refractivity contribution in [2.75, 3.05) is 6.61 Å². The number of rotatable bonds is 7. The van der Waals surface area contributed by atoms with Gasteiger partial charge in [-0.1, -0.05) is 34.6 Å². The predicted molar refractivity (Wildman–Crippen MR) is 98.7 cm³/mol. The van der Waals surface area contributed by atoms with E-state index in [1.807, 2.05) is 13.1 Å². The van der Waals surface area contributed by atoms with Gasteiger partial charge in [0.1, 0.15) is 0 Å².